The highest BCUT2D eigenvalue weighted by molar-refractivity contribution is 6.30. The predicted octanol–water partition coefficient (Wildman–Crippen LogP) is 6.67. The molecule has 0 fully saturated rings. The van der Waals surface area contributed by atoms with Crippen molar-refractivity contribution >= 4 is 11.6 Å². The van der Waals surface area contributed by atoms with E-state index >= 15 is 0 Å². The van der Waals surface area contributed by atoms with E-state index in [4.69, 9.17) is 16.6 Å². The van der Waals surface area contributed by atoms with E-state index < -0.39 is 0 Å². The molecule has 0 saturated carbocycles. The zero-order valence-corrected chi connectivity index (χ0v) is 20.1. The molecule has 0 atom stereocenters. The Labute approximate surface area is 205 Å². The van der Waals surface area contributed by atoms with Gasteiger partial charge in [0.1, 0.15) is 11.9 Å². The van der Waals surface area contributed by atoms with E-state index in [1.165, 1.54) is 0 Å². The minimum Gasteiger partial charge on any atom is -0.269 e. The second-order valence-electron chi connectivity index (χ2n) is 8.30. The molecule has 170 valence electrons. The molecule has 1 heterocycles. The first kappa shape index (κ1) is 23.5. The molecular formula is C29H26ClN3O. The monoisotopic (exact) mass is 467 g/mol. The van der Waals surface area contributed by atoms with Crippen LogP contribution in [0.25, 0.3) is 16.8 Å². The van der Waals surface area contributed by atoms with E-state index in [-0.39, 0.29) is 5.56 Å². The van der Waals surface area contributed by atoms with E-state index in [1.807, 2.05) is 67.6 Å². The molecule has 0 amide bonds. The molecule has 4 aromatic rings. The summed E-state index contributed by atoms with van der Waals surface area (Å²) in [7, 11) is 0. The summed E-state index contributed by atoms with van der Waals surface area (Å²) in [6.45, 7) is 3.97. The summed E-state index contributed by atoms with van der Waals surface area (Å²) in [5.41, 5.74) is 5.25. The third kappa shape index (κ3) is 4.81. The van der Waals surface area contributed by atoms with E-state index in [0.29, 0.717) is 34.1 Å². The lowest BCUT2D eigenvalue weighted by Gasteiger charge is -2.17. The first-order valence-electron chi connectivity index (χ1n) is 11.5. The smallest absolute Gasteiger partial charge is 0.261 e. The van der Waals surface area contributed by atoms with Crippen molar-refractivity contribution < 1.29 is 0 Å². The van der Waals surface area contributed by atoms with Gasteiger partial charge in [-0.3, -0.25) is 9.36 Å². The van der Waals surface area contributed by atoms with Crippen molar-refractivity contribution in [3.8, 4) is 22.9 Å². The van der Waals surface area contributed by atoms with Crippen molar-refractivity contribution in [3.05, 3.63) is 116 Å². The summed E-state index contributed by atoms with van der Waals surface area (Å²) in [5.74, 6) is 0.626. The lowest BCUT2D eigenvalue weighted by Crippen LogP contribution is -2.28. The fraction of sp³-hybridized carbons (Fsp3) is 0.207. The number of unbranched alkanes of at least 4 members (excludes halogenated alkanes) is 1. The van der Waals surface area contributed by atoms with Crippen LogP contribution in [0.2, 0.25) is 5.02 Å². The largest absolute Gasteiger partial charge is 0.269 e. The van der Waals surface area contributed by atoms with Gasteiger partial charge in [0.25, 0.3) is 5.56 Å². The van der Waals surface area contributed by atoms with Crippen LogP contribution < -0.4 is 5.56 Å². The molecule has 0 aliphatic rings. The van der Waals surface area contributed by atoms with E-state index in [2.05, 4.69) is 13.0 Å². The first-order valence-corrected chi connectivity index (χ1v) is 11.9. The Kier molecular flexibility index (Phi) is 7.25. The van der Waals surface area contributed by atoms with Crippen molar-refractivity contribution in [1.82, 2.24) is 9.55 Å². The van der Waals surface area contributed by atoms with Crippen molar-refractivity contribution in [2.75, 3.05) is 0 Å². The number of benzene rings is 3. The van der Waals surface area contributed by atoms with Crippen molar-refractivity contribution in [2.45, 2.75) is 39.5 Å². The Morgan fingerprint density at radius 1 is 1.03 bits per heavy atom. The fourth-order valence-corrected chi connectivity index (χ4v) is 4.48. The number of hydrogen-bond donors (Lipinski definition) is 0. The molecule has 0 spiro atoms. The number of nitrogens with zero attached hydrogens (tertiary/aromatic N) is 3. The summed E-state index contributed by atoms with van der Waals surface area (Å²) >= 11 is 6.21. The van der Waals surface area contributed by atoms with Gasteiger partial charge in [0, 0.05) is 17.0 Å². The molecule has 0 bridgehead atoms. The topological polar surface area (TPSA) is 58.7 Å². The quantitative estimate of drug-likeness (QED) is 0.305. The molecule has 0 unspecified atom stereocenters. The van der Waals surface area contributed by atoms with Crippen LogP contribution in [0.1, 0.15) is 48.0 Å². The molecule has 1 aromatic heterocycles. The van der Waals surface area contributed by atoms with Gasteiger partial charge in [0.2, 0.25) is 0 Å². The lowest BCUT2D eigenvalue weighted by atomic mass is 9.92. The Bertz CT molecular complexity index is 1420. The van der Waals surface area contributed by atoms with Crippen LogP contribution in [-0.4, -0.2) is 9.55 Å². The standard InChI is InChI=1S/C29H26ClN3O/c1-3-4-16-28-26(29(34)33(20(2)32-28)24-14-9-13-23(30)18-24)17-22-12-8-15-25(27(22)19-31)21-10-6-5-7-11-21/h5-15,18H,3-4,16-17H2,1-2H3. The van der Waals surface area contributed by atoms with Gasteiger partial charge in [0.05, 0.1) is 16.9 Å². The van der Waals surface area contributed by atoms with Gasteiger partial charge >= 0.3 is 0 Å². The minimum atomic E-state index is -0.116. The zero-order chi connectivity index (χ0) is 24.1. The Balaban J connectivity index is 1.88. The highest BCUT2D eigenvalue weighted by Gasteiger charge is 2.19. The van der Waals surface area contributed by atoms with Crippen LogP contribution in [0.3, 0.4) is 0 Å². The van der Waals surface area contributed by atoms with Gasteiger partial charge in [-0.15, -0.1) is 0 Å². The van der Waals surface area contributed by atoms with Gasteiger partial charge in [-0.05, 0) is 54.7 Å². The zero-order valence-electron chi connectivity index (χ0n) is 19.4. The van der Waals surface area contributed by atoms with Gasteiger partial charge in [-0.1, -0.05) is 79.5 Å². The normalized spacial score (nSPS) is 10.8. The van der Waals surface area contributed by atoms with Crippen LogP contribution >= 0.6 is 11.6 Å². The molecule has 5 heteroatoms. The van der Waals surface area contributed by atoms with Gasteiger partial charge in [-0.25, -0.2) is 4.98 Å². The Morgan fingerprint density at radius 3 is 2.50 bits per heavy atom. The van der Waals surface area contributed by atoms with E-state index in [1.54, 1.807) is 16.7 Å². The minimum absolute atomic E-state index is 0.116. The molecule has 34 heavy (non-hydrogen) atoms. The highest BCUT2D eigenvalue weighted by atomic mass is 35.5. The predicted molar refractivity (Wildman–Crippen MR) is 138 cm³/mol. The van der Waals surface area contributed by atoms with Gasteiger partial charge in [-0.2, -0.15) is 5.26 Å². The molecule has 0 radical (unpaired) electrons. The molecule has 0 aliphatic heterocycles. The third-order valence-corrected chi connectivity index (χ3v) is 6.21. The van der Waals surface area contributed by atoms with Crippen molar-refractivity contribution in [2.24, 2.45) is 0 Å². The number of aromatic nitrogens is 2. The van der Waals surface area contributed by atoms with Crippen LogP contribution in [0.5, 0.6) is 0 Å². The van der Waals surface area contributed by atoms with E-state index in [0.717, 1.165) is 41.6 Å². The van der Waals surface area contributed by atoms with E-state index in [9.17, 15) is 10.1 Å². The van der Waals surface area contributed by atoms with Crippen LogP contribution in [-0.2, 0) is 12.8 Å². The van der Waals surface area contributed by atoms with Crippen LogP contribution in [0, 0.1) is 18.3 Å². The maximum absolute atomic E-state index is 13.8. The maximum atomic E-state index is 13.8. The first-order chi connectivity index (χ1) is 16.5. The van der Waals surface area contributed by atoms with Crippen LogP contribution in [0.4, 0.5) is 0 Å². The lowest BCUT2D eigenvalue weighted by molar-refractivity contribution is 0.733. The molecule has 0 saturated heterocycles. The summed E-state index contributed by atoms with van der Waals surface area (Å²) in [4.78, 5) is 18.7. The molecule has 0 N–H and O–H groups in total. The maximum Gasteiger partial charge on any atom is 0.261 e. The fourth-order valence-electron chi connectivity index (χ4n) is 4.29. The average Bonchev–Trinajstić information content (AvgIpc) is 2.85. The second kappa shape index (κ2) is 10.5. The number of hydrogen-bond acceptors (Lipinski definition) is 3. The van der Waals surface area contributed by atoms with Gasteiger partial charge < -0.3 is 0 Å². The van der Waals surface area contributed by atoms with Crippen molar-refractivity contribution in [3.63, 3.8) is 0 Å². The second-order valence-corrected chi connectivity index (χ2v) is 8.74. The molecular weight excluding hydrogens is 442 g/mol. The molecule has 0 aliphatic carbocycles. The average molecular weight is 468 g/mol. The summed E-state index contributed by atoms with van der Waals surface area (Å²) in [6, 6.07) is 25.3. The summed E-state index contributed by atoms with van der Waals surface area (Å²) < 4.78 is 1.61. The summed E-state index contributed by atoms with van der Waals surface area (Å²) in [5, 5.41) is 10.6. The van der Waals surface area contributed by atoms with Crippen LogP contribution in [0.15, 0.2) is 77.6 Å². The van der Waals surface area contributed by atoms with Crippen molar-refractivity contribution in [1.29, 1.82) is 5.26 Å². The number of nitriles is 1. The number of rotatable bonds is 7. The number of aryl methyl sites for hydroxylation is 2. The van der Waals surface area contributed by atoms with Gasteiger partial charge in [0.15, 0.2) is 0 Å². The Hall–Kier alpha value is -3.68. The number of halogens is 1. The summed E-state index contributed by atoms with van der Waals surface area (Å²) in [6.07, 6.45) is 3.01. The highest BCUT2D eigenvalue weighted by Crippen LogP contribution is 2.27. The molecule has 4 rings (SSSR count). The Morgan fingerprint density at radius 2 is 1.79 bits per heavy atom. The molecule has 4 nitrogen and oxygen atoms in total. The molecule has 3 aromatic carbocycles. The SMILES string of the molecule is CCCCc1nc(C)n(-c2cccc(Cl)c2)c(=O)c1Cc1cccc(-c2ccccc2)c1C#N. The third-order valence-electron chi connectivity index (χ3n) is 5.98.